The summed E-state index contributed by atoms with van der Waals surface area (Å²) in [5.74, 6) is 1.51. The normalized spacial score (nSPS) is 17.5. The van der Waals surface area contributed by atoms with Crippen LogP contribution in [-0.2, 0) is 0 Å². The first-order chi connectivity index (χ1) is 4.95. The molecule has 0 spiro atoms. The first-order valence-electron chi connectivity index (χ1n) is 4.35. The van der Waals surface area contributed by atoms with Gasteiger partial charge in [-0.3, -0.25) is 0 Å². The van der Waals surface area contributed by atoms with Gasteiger partial charge in [0.05, 0.1) is 4.05 Å². The molecule has 2 heteroatoms. The molecule has 0 saturated heterocycles. The zero-order chi connectivity index (χ0) is 9.02. The maximum atomic E-state index is 3.51. The Morgan fingerprint density at radius 2 is 1.45 bits per heavy atom. The SMILES string of the molecule is CC(C)NC(I)C(C)C(C)C. The Bertz CT molecular complexity index is 102. The predicted octanol–water partition coefficient (Wildman–Crippen LogP) is 3.04. The van der Waals surface area contributed by atoms with Gasteiger partial charge in [0.15, 0.2) is 0 Å². The third-order valence-electron chi connectivity index (χ3n) is 2.01. The lowest BCUT2D eigenvalue weighted by Gasteiger charge is -2.24. The molecule has 2 unspecified atom stereocenters. The Labute approximate surface area is 84.5 Å². The molecule has 0 aliphatic carbocycles. The summed E-state index contributed by atoms with van der Waals surface area (Å²) in [6.07, 6.45) is 0. The lowest BCUT2D eigenvalue weighted by Crippen LogP contribution is -2.36. The largest absolute Gasteiger partial charge is 0.303 e. The molecule has 68 valence electrons. The molecule has 1 N–H and O–H groups in total. The predicted molar refractivity (Wildman–Crippen MR) is 60.1 cm³/mol. The van der Waals surface area contributed by atoms with E-state index in [1.54, 1.807) is 0 Å². The molecule has 0 aromatic rings. The van der Waals surface area contributed by atoms with Crippen molar-refractivity contribution in [2.24, 2.45) is 11.8 Å². The van der Waals surface area contributed by atoms with Crippen LogP contribution in [-0.4, -0.2) is 10.1 Å². The van der Waals surface area contributed by atoms with E-state index < -0.39 is 0 Å². The third-order valence-corrected chi connectivity index (χ3v) is 3.50. The minimum Gasteiger partial charge on any atom is -0.303 e. The van der Waals surface area contributed by atoms with Gasteiger partial charge in [0.2, 0.25) is 0 Å². The molecule has 0 rings (SSSR count). The Balaban J connectivity index is 3.73. The average molecular weight is 269 g/mol. The summed E-state index contributed by atoms with van der Waals surface area (Å²) in [4.78, 5) is 0. The van der Waals surface area contributed by atoms with Crippen molar-refractivity contribution in [3.63, 3.8) is 0 Å². The summed E-state index contributed by atoms with van der Waals surface area (Å²) in [5, 5.41) is 3.51. The highest BCUT2D eigenvalue weighted by atomic mass is 127. The molecule has 1 nitrogen and oxygen atoms in total. The molecule has 0 aliphatic rings. The van der Waals surface area contributed by atoms with Crippen molar-refractivity contribution >= 4 is 22.6 Å². The second-order valence-electron chi connectivity index (χ2n) is 3.83. The van der Waals surface area contributed by atoms with E-state index in [0.29, 0.717) is 10.1 Å². The summed E-state index contributed by atoms with van der Waals surface area (Å²) in [6, 6.07) is 0.595. The molecule has 0 aromatic carbocycles. The summed E-state index contributed by atoms with van der Waals surface area (Å²) in [6.45, 7) is 11.2. The highest BCUT2D eigenvalue weighted by Gasteiger charge is 2.16. The quantitative estimate of drug-likeness (QED) is 0.470. The van der Waals surface area contributed by atoms with Crippen molar-refractivity contribution in [2.45, 2.75) is 44.7 Å². The van der Waals surface area contributed by atoms with E-state index in [9.17, 15) is 0 Å². The fourth-order valence-electron chi connectivity index (χ4n) is 0.808. The van der Waals surface area contributed by atoms with Crippen molar-refractivity contribution < 1.29 is 0 Å². The van der Waals surface area contributed by atoms with Crippen LogP contribution in [0.2, 0.25) is 0 Å². The standard InChI is InChI=1S/C9H20IN/c1-6(2)8(5)9(10)11-7(3)4/h6-9,11H,1-5H3. The van der Waals surface area contributed by atoms with Crippen LogP contribution in [0.15, 0.2) is 0 Å². The van der Waals surface area contributed by atoms with Gasteiger partial charge >= 0.3 is 0 Å². The van der Waals surface area contributed by atoms with Crippen LogP contribution in [0, 0.1) is 11.8 Å². The lowest BCUT2D eigenvalue weighted by atomic mass is 9.98. The Hall–Kier alpha value is 0.690. The Morgan fingerprint density at radius 1 is 1.00 bits per heavy atom. The molecule has 0 bridgehead atoms. The summed E-state index contributed by atoms with van der Waals surface area (Å²) in [7, 11) is 0. The maximum Gasteiger partial charge on any atom is 0.0623 e. The van der Waals surface area contributed by atoms with Crippen molar-refractivity contribution in [3.05, 3.63) is 0 Å². The molecule has 0 amide bonds. The highest BCUT2D eigenvalue weighted by molar-refractivity contribution is 14.1. The number of halogens is 1. The van der Waals surface area contributed by atoms with Gasteiger partial charge in [-0.2, -0.15) is 0 Å². The van der Waals surface area contributed by atoms with E-state index in [0.717, 1.165) is 11.8 Å². The molecular formula is C9H20IN. The minimum absolute atomic E-state index is 0.595. The van der Waals surface area contributed by atoms with Gasteiger partial charge in [0, 0.05) is 6.04 Å². The smallest absolute Gasteiger partial charge is 0.0623 e. The van der Waals surface area contributed by atoms with Crippen LogP contribution in [0.4, 0.5) is 0 Å². The molecule has 11 heavy (non-hydrogen) atoms. The van der Waals surface area contributed by atoms with E-state index in [1.807, 2.05) is 0 Å². The van der Waals surface area contributed by atoms with Crippen LogP contribution >= 0.6 is 22.6 Å². The molecular weight excluding hydrogens is 249 g/mol. The molecule has 0 fully saturated rings. The first kappa shape index (κ1) is 11.7. The monoisotopic (exact) mass is 269 g/mol. The zero-order valence-electron chi connectivity index (χ0n) is 8.19. The van der Waals surface area contributed by atoms with Gasteiger partial charge in [-0.1, -0.05) is 43.4 Å². The van der Waals surface area contributed by atoms with E-state index in [2.05, 4.69) is 62.5 Å². The van der Waals surface area contributed by atoms with Crippen molar-refractivity contribution in [2.75, 3.05) is 0 Å². The second-order valence-corrected chi connectivity index (χ2v) is 5.17. The molecule has 0 heterocycles. The molecule has 0 aromatic heterocycles. The molecule has 2 atom stereocenters. The van der Waals surface area contributed by atoms with Gasteiger partial charge in [-0.05, 0) is 25.7 Å². The summed E-state index contributed by atoms with van der Waals surface area (Å²) < 4.78 is 0.604. The van der Waals surface area contributed by atoms with Crippen molar-refractivity contribution in [1.29, 1.82) is 0 Å². The Morgan fingerprint density at radius 3 is 1.73 bits per heavy atom. The number of rotatable bonds is 4. The van der Waals surface area contributed by atoms with Crippen LogP contribution < -0.4 is 5.32 Å². The van der Waals surface area contributed by atoms with E-state index >= 15 is 0 Å². The molecule has 0 radical (unpaired) electrons. The fourth-order valence-corrected chi connectivity index (χ4v) is 2.36. The fraction of sp³-hybridized carbons (Fsp3) is 1.00. The Kier molecular flexibility index (Phi) is 5.69. The average Bonchev–Trinajstić information content (AvgIpc) is 1.84. The molecule has 0 aliphatic heterocycles. The zero-order valence-corrected chi connectivity index (χ0v) is 10.3. The topological polar surface area (TPSA) is 12.0 Å². The van der Waals surface area contributed by atoms with Crippen molar-refractivity contribution in [1.82, 2.24) is 5.32 Å². The number of alkyl halides is 1. The number of hydrogen-bond acceptors (Lipinski definition) is 1. The highest BCUT2D eigenvalue weighted by Crippen LogP contribution is 2.19. The number of hydrogen-bond donors (Lipinski definition) is 1. The van der Waals surface area contributed by atoms with E-state index in [4.69, 9.17) is 0 Å². The van der Waals surface area contributed by atoms with Gasteiger partial charge in [0.25, 0.3) is 0 Å². The van der Waals surface area contributed by atoms with Crippen LogP contribution in [0.3, 0.4) is 0 Å². The summed E-state index contributed by atoms with van der Waals surface area (Å²) in [5.41, 5.74) is 0. The number of nitrogens with one attached hydrogen (secondary N) is 1. The van der Waals surface area contributed by atoms with Crippen LogP contribution in [0.1, 0.15) is 34.6 Å². The van der Waals surface area contributed by atoms with E-state index in [1.165, 1.54) is 0 Å². The van der Waals surface area contributed by atoms with Gasteiger partial charge in [0.1, 0.15) is 0 Å². The van der Waals surface area contributed by atoms with Gasteiger partial charge < -0.3 is 5.32 Å². The van der Waals surface area contributed by atoms with E-state index in [-0.39, 0.29) is 0 Å². The van der Waals surface area contributed by atoms with Crippen LogP contribution in [0.25, 0.3) is 0 Å². The van der Waals surface area contributed by atoms with Crippen LogP contribution in [0.5, 0.6) is 0 Å². The van der Waals surface area contributed by atoms with Crippen molar-refractivity contribution in [3.8, 4) is 0 Å². The first-order valence-corrected chi connectivity index (χ1v) is 5.59. The maximum absolute atomic E-state index is 3.51. The summed E-state index contributed by atoms with van der Waals surface area (Å²) >= 11 is 2.49. The minimum atomic E-state index is 0.595. The molecule has 0 saturated carbocycles. The van der Waals surface area contributed by atoms with Gasteiger partial charge in [-0.25, -0.2) is 0 Å². The lowest BCUT2D eigenvalue weighted by molar-refractivity contribution is 0.366. The third kappa shape index (κ3) is 5.01. The second kappa shape index (κ2) is 5.36. The van der Waals surface area contributed by atoms with Gasteiger partial charge in [-0.15, -0.1) is 0 Å².